The third-order valence-electron chi connectivity index (χ3n) is 4.88. The van der Waals surface area contributed by atoms with Crippen LogP contribution in [-0.2, 0) is 14.8 Å². The molecule has 0 saturated carbocycles. The number of hydrogen-bond donors (Lipinski definition) is 2. The van der Waals surface area contributed by atoms with Crippen LogP contribution in [-0.4, -0.2) is 29.8 Å². The minimum absolute atomic E-state index is 0.0362. The predicted octanol–water partition coefficient (Wildman–Crippen LogP) is 4.20. The number of fused-ring (bicyclic) bond motifs is 1. The Morgan fingerprint density at radius 1 is 0.970 bits per heavy atom. The van der Waals surface area contributed by atoms with E-state index in [4.69, 9.17) is 5.14 Å². The Bertz CT molecular complexity index is 1430. The highest BCUT2D eigenvalue weighted by Crippen LogP contribution is 2.33. The first-order valence-electron chi connectivity index (χ1n) is 9.84. The Balaban J connectivity index is 1.55. The number of sulfonamides is 1. The second-order valence-corrected chi connectivity index (χ2v) is 10.1. The molecule has 1 aromatic heterocycles. The number of nitrogens with zero attached hydrogens (tertiary/aromatic N) is 2. The molecule has 1 heterocycles. The molecular formula is C23H19FN4O3S2. The number of aromatic nitrogens is 2. The average molecular weight is 483 g/mol. The number of thioether (sulfide) groups is 1. The normalized spacial score (nSPS) is 12.5. The second-order valence-electron chi connectivity index (χ2n) is 7.22. The van der Waals surface area contributed by atoms with Crippen LogP contribution in [0, 0.1) is 5.82 Å². The van der Waals surface area contributed by atoms with Crippen molar-refractivity contribution in [3.63, 3.8) is 0 Å². The first-order valence-corrected chi connectivity index (χ1v) is 12.3. The van der Waals surface area contributed by atoms with Gasteiger partial charge in [0.15, 0.2) is 0 Å². The molecule has 0 aliphatic carbocycles. The standard InChI is InChI=1S/C23H19FN4O3S2/c1-14(22(29)26-17-10-12-18(13-11-17)33(25,30)31)32-23-20-5-3-2-4-19(20)21(27-28-23)15-6-8-16(24)9-7-15/h2-14H,1H3,(H,26,29)(H2,25,30,31)/t14-/m1/s1. The van der Waals surface area contributed by atoms with Crippen molar-refractivity contribution in [3.05, 3.63) is 78.6 Å². The van der Waals surface area contributed by atoms with Gasteiger partial charge in [-0.25, -0.2) is 17.9 Å². The van der Waals surface area contributed by atoms with E-state index in [1.807, 2.05) is 24.3 Å². The van der Waals surface area contributed by atoms with Crippen molar-refractivity contribution in [2.75, 3.05) is 5.32 Å². The van der Waals surface area contributed by atoms with E-state index < -0.39 is 15.3 Å². The van der Waals surface area contributed by atoms with Crippen LogP contribution in [0.1, 0.15) is 6.92 Å². The average Bonchev–Trinajstić information content (AvgIpc) is 2.80. The number of halogens is 1. The van der Waals surface area contributed by atoms with Crippen LogP contribution in [0.4, 0.5) is 10.1 Å². The van der Waals surface area contributed by atoms with Crippen molar-refractivity contribution in [1.29, 1.82) is 0 Å². The Morgan fingerprint density at radius 3 is 2.24 bits per heavy atom. The van der Waals surface area contributed by atoms with E-state index in [0.29, 0.717) is 16.4 Å². The molecule has 4 rings (SSSR count). The Kier molecular flexibility index (Phi) is 6.41. The fourth-order valence-corrected chi connectivity index (χ4v) is 4.59. The van der Waals surface area contributed by atoms with Crippen LogP contribution < -0.4 is 10.5 Å². The molecule has 0 fully saturated rings. The lowest BCUT2D eigenvalue weighted by Gasteiger charge is -2.14. The van der Waals surface area contributed by atoms with E-state index in [9.17, 15) is 17.6 Å². The summed E-state index contributed by atoms with van der Waals surface area (Å²) in [5.41, 5.74) is 1.81. The summed E-state index contributed by atoms with van der Waals surface area (Å²) >= 11 is 1.25. The third-order valence-corrected chi connectivity index (χ3v) is 6.90. The number of carbonyl (C=O) groups excluding carboxylic acids is 1. The molecule has 168 valence electrons. The molecule has 4 aromatic rings. The molecule has 1 atom stereocenters. The second kappa shape index (κ2) is 9.26. The highest BCUT2D eigenvalue weighted by molar-refractivity contribution is 8.00. The van der Waals surface area contributed by atoms with Crippen LogP contribution in [0.25, 0.3) is 22.0 Å². The van der Waals surface area contributed by atoms with E-state index in [-0.39, 0.29) is 16.6 Å². The fraction of sp³-hybridized carbons (Fsp3) is 0.0870. The van der Waals surface area contributed by atoms with Crippen molar-refractivity contribution >= 4 is 44.2 Å². The first kappa shape index (κ1) is 22.8. The smallest absolute Gasteiger partial charge is 0.238 e. The number of carbonyl (C=O) groups is 1. The molecule has 1 amide bonds. The highest BCUT2D eigenvalue weighted by atomic mass is 32.2. The van der Waals surface area contributed by atoms with Crippen LogP contribution in [0.5, 0.6) is 0 Å². The van der Waals surface area contributed by atoms with Gasteiger partial charge in [0, 0.05) is 22.0 Å². The van der Waals surface area contributed by atoms with Crippen LogP contribution in [0.2, 0.25) is 0 Å². The summed E-state index contributed by atoms with van der Waals surface area (Å²) in [7, 11) is -3.80. The van der Waals surface area contributed by atoms with Gasteiger partial charge in [0.05, 0.1) is 10.1 Å². The van der Waals surface area contributed by atoms with Gasteiger partial charge in [0.25, 0.3) is 0 Å². The third kappa shape index (κ3) is 5.19. The number of benzene rings is 3. The van der Waals surface area contributed by atoms with Gasteiger partial charge in [0.1, 0.15) is 16.5 Å². The Labute approximate surface area is 194 Å². The summed E-state index contributed by atoms with van der Waals surface area (Å²) < 4.78 is 36.1. The number of amides is 1. The zero-order valence-corrected chi connectivity index (χ0v) is 19.0. The highest BCUT2D eigenvalue weighted by Gasteiger charge is 2.19. The number of hydrogen-bond acceptors (Lipinski definition) is 6. The molecule has 0 radical (unpaired) electrons. The molecule has 0 bridgehead atoms. The van der Waals surface area contributed by atoms with E-state index >= 15 is 0 Å². The quantitative estimate of drug-likeness (QED) is 0.398. The molecular weight excluding hydrogens is 463 g/mol. The van der Waals surface area contributed by atoms with Crippen molar-refractivity contribution in [1.82, 2.24) is 10.2 Å². The van der Waals surface area contributed by atoms with Crippen LogP contribution in [0.3, 0.4) is 0 Å². The maximum absolute atomic E-state index is 13.3. The lowest BCUT2D eigenvalue weighted by molar-refractivity contribution is -0.115. The summed E-state index contributed by atoms with van der Waals surface area (Å²) in [6.45, 7) is 1.74. The molecule has 3 aromatic carbocycles. The van der Waals surface area contributed by atoms with E-state index in [2.05, 4.69) is 15.5 Å². The molecule has 33 heavy (non-hydrogen) atoms. The van der Waals surface area contributed by atoms with Gasteiger partial charge < -0.3 is 5.32 Å². The van der Waals surface area contributed by atoms with Gasteiger partial charge in [-0.15, -0.1) is 10.2 Å². The van der Waals surface area contributed by atoms with Crippen LogP contribution in [0.15, 0.2) is 82.7 Å². The van der Waals surface area contributed by atoms with E-state index in [0.717, 1.165) is 16.3 Å². The summed E-state index contributed by atoms with van der Waals surface area (Å²) in [5, 5.41) is 18.3. The Morgan fingerprint density at radius 2 is 1.61 bits per heavy atom. The maximum atomic E-state index is 13.3. The van der Waals surface area contributed by atoms with Gasteiger partial charge >= 0.3 is 0 Å². The molecule has 3 N–H and O–H groups in total. The minimum Gasteiger partial charge on any atom is -0.325 e. The van der Waals surface area contributed by atoms with Gasteiger partial charge in [0.2, 0.25) is 15.9 Å². The number of primary sulfonamides is 1. The van der Waals surface area contributed by atoms with Gasteiger partial charge in [-0.1, -0.05) is 36.0 Å². The zero-order chi connectivity index (χ0) is 23.6. The van der Waals surface area contributed by atoms with Crippen molar-refractivity contribution < 1.29 is 17.6 Å². The largest absolute Gasteiger partial charge is 0.325 e. The van der Waals surface area contributed by atoms with Gasteiger partial charge in [-0.3, -0.25) is 4.79 Å². The van der Waals surface area contributed by atoms with Crippen molar-refractivity contribution in [2.45, 2.75) is 22.1 Å². The first-order chi connectivity index (χ1) is 15.7. The molecule has 0 spiro atoms. The van der Waals surface area contributed by atoms with E-state index in [1.165, 1.54) is 48.2 Å². The number of nitrogens with one attached hydrogen (secondary N) is 1. The summed E-state index contributed by atoms with van der Waals surface area (Å²) in [6, 6.07) is 19.2. The fourth-order valence-electron chi connectivity index (χ4n) is 3.18. The van der Waals surface area contributed by atoms with Crippen LogP contribution >= 0.6 is 11.8 Å². The Hall–Kier alpha value is -3.34. The maximum Gasteiger partial charge on any atom is 0.238 e. The molecule has 0 unspecified atom stereocenters. The predicted molar refractivity (Wildman–Crippen MR) is 127 cm³/mol. The number of nitrogens with two attached hydrogens (primary N) is 1. The van der Waals surface area contributed by atoms with E-state index in [1.54, 1.807) is 19.1 Å². The van der Waals surface area contributed by atoms with Crippen molar-refractivity contribution in [3.8, 4) is 11.3 Å². The monoisotopic (exact) mass is 482 g/mol. The lowest BCUT2D eigenvalue weighted by atomic mass is 10.1. The summed E-state index contributed by atoms with van der Waals surface area (Å²) in [5.74, 6) is -0.612. The molecule has 0 aliphatic heterocycles. The molecule has 7 nitrogen and oxygen atoms in total. The zero-order valence-electron chi connectivity index (χ0n) is 17.4. The summed E-state index contributed by atoms with van der Waals surface area (Å²) in [4.78, 5) is 12.7. The van der Waals surface area contributed by atoms with Crippen molar-refractivity contribution in [2.24, 2.45) is 5.14 Å². The number of rotatable bonds is 6. The SMILES string of the molecule is C[C@@H](Sc1nnc(-c2ccc(F)cc2)c2ccccc12)C(=O)Nc1ccc(S(N)(=O)=O)cc1. The molecule has 0 aliphatic rings. The summed E-state index contributed by atoms with van der Waals surface area (Å²) in [6.07, 6.45) is 0. The topological polar surface area (TPSA) is 115 Å². The number of anilines is 1. The minimum atomic E-state index is -3.80. The molecule has 0 saturated heterocycles. The van der Waals surface area contributed by atoms with Gasteiger partial charge in [-0.2, -0.15) is 0 Å². The van der Waals surface area contributed by atoms with Gasteiger partial charge in [-0.05, 0) is 55.5 Å². The lowest BCUT2D eigenvalue weighted by Crippen LogP contribution is -2.22. The molecule has 10 heteroatoms.